The van der Waals surface area contributed by atoms with Crippen LogP contribution in [-0.4, -0.2) is 0 Å². The van der Waals surface area contributed by atoms with Crippen molar-refractivity contribution in [2.75, 3.05) is 0 Å². The van der Waals surface area contributed by atoms with Gasteiger partial charge in [-0.05, 0) is 49.4 Å². The third-order valence-corrected chi connectivity index (χ3v) is 3.56. The highest BCUT2D eigenvalue weighted by Crippen LogP contribution is 2.48. The Labute approximate surface area is 64.0 Å². The molecule has 0 N–H and O–H groups in total. The molecule has 0 heteroatoms. The Morgan fingerprint density at radius 3 is 1.30 bits per heavy atom. The van der Waals surface area contributed by atoms with Crippen LogP contribution in [0.15, 0.2) is 0 Å². The second-order valence-corrected chi connectivity index (χ2v) is 4.39. The van der Waals surface area contributed by atoms with Crippen LogP contribution in [0.5, 0.6) is 0 Å². The van der Waals surface area contributed by atoms with Crippen LogP contribution in [0, 0.1) is 23.7 Å². The SMILES string of the molecule is CC(C1CC1)C(C)C1CC1. The van der Waals surface area contributed by atoms with Gasteiger partial charge in [-0.25, -0.2) is 0 Å². The molecule has 0 aliphatic heterocycles. The lowest BCUT2D eigenvalue weighted by Crippen LogP contribution is -2.11. The van der Waals surface area contributed by atoms with Crippen LogP contribution >= 0.6 is 0 Å². The second kappa shape index (κ2) is 2.25. The molecular weight excluding hydrogens is 120 g/mol. The maximum Gasteiger partial charge on any atom is -0.0386 e. The average molecular weight is 138 g/mol. The van der Waals surface area contributed by atoms with E-state index in [1.54, 1.807) is 0 Å². The first kappa shape index (κ1) is 6.69. The molecule has 0 aromatic heterocycles. The van der Waals surface area contributed by atoms with Gasteiger partial charge in [0.25, 0.3) is 0 Å². The molecule has 2 saturated carbocycles. The maximum absolute atomic E-state index is 2.46. The molecule has 0 amide bonds. The van der Waals surface area contributed by atoms with Crippen molar-refractivity contribution >= 4 is 0 Å². The molecule has 0 bridgehead atoms. The largest absolute Gasteiger partial charge is 0.0620 e. The van der Waals surface area contributed by atoms with Crippen LogP contribution in [-0.2, 0) is 0 Å². The molecule has 2 atom stereocenters. The van der Waals surface area contributed by atoms with Crippen molar-refractivity contribution in [2.45, 2.75) is 39.5 Å². The molecule has 0 heterocycles. The van der Waals surface area contributed by atoms with Gasteiger partial charge in [0.1, 0.15) is 0 Å². The predicted octanol–water partition coefficient (Wildman–Crippen LogP) is 3.08. The minimum atomic E-state index is 1.03. The maximum atomic E-state index is 2.46. The summed E-state index contributed by atoms with van der Waals surface area (Å²) in [6.45, 7) is 4.92. The minimum Gasteiger partial charge on any atom is -0.0620 e. The second-order valence-electron chi connectivity index (χ2n) is 4.39. The smallest absolute Gasteiger partial charge is 0.0386 e. The van der Waals surface area contributed by atoms with Crippen LogP contribution in [0.25, 0.3) is 0 Å². The molecule has 0 radical (unpaired) electrons. The lowest BCUT2D eigenvalue weighted by atomic mass is 9.88. The lowest BCUT2D eigenvalue weighted by molar-refractivity contribution is 0.310. The fourth-order valence-electron chi connectivity index (χ4n) is 2.10. The zero-order valence-corrected chi connectivity index (χ0v) is 7.14. The summed E-state index contributed by atoms with van der Waals surface area (Å²) in [7, 11) is 0. The third-order valence-electron chi connectivity index (χ3n) is 3.56. The fraction of sp³-hybridized carbons (Fsp3) is 1.00. The van der Waals surface area contributed by atoms with E-state index in [0.717, 1.165) is 23.7 Å². The van der Waals surface area contributed by atoms with Crippen molar-refractivity contribution in [3.8, 4) is 0 Å². The topological polar surface area (TPSA) is 0 Å². The standard InChI is InChI=1S/C10H18/c1-7(9-3-4-9)8(2)10-5-6-10/h7-10H,3-6H2,1-2H3. The summed E-state index contributed by atoms with van der Waals surface area (Å²) < 4.78 is 0. The molecule has 2 aliphatic carbocycles. The average Bonchev–Trinajstić information content (AvgIpc) is 2.73. The Bertz CT molecular complexity index is 104. The van der Waals surface area contributed by atoms with E-state index in [-0.39, 0.29) is 0 Å². The van der Waals surface area contributed by atoms with Crippen LogP contribution < -0.4 is 0 Å². The van der Waals surface area contributed by atoms with E-state index in [2.05, 4.69) is 13.8 Å². The zero-order chi connectivity index (χ0) is 7.14. The van der Waals surface area contributed by atoms with Gasteiger partial charge in [0.15, 0.2) is 0 Å². The molecule has 0 saturated heterocycles. The fourth-order valence-corrected chi connectivity index (χ4v) is 2.10. The summed E-state index contributed by atoms with van der Waals surface area (Å²) >= 11 is 0. The van der Waals surface area contributed by atoms with Gasteiger partial charge in [0, 0.05) is 0 Å². The van der Waals surface area contributed by atoms with E-state index in [1.807, 2.05) is 0 Å². The number of hydrogen-bond donors (Lipinski definition) is 0. The first-order valence-electron chi connectivity index (χ1n) is 4.79. The summed E-state index contributed by atoms with van der Waals surface area (Å²) in [6, 6.07) is 0. The molecule has 2 fully saturated rings. The molecule has 58 valence electrons. The summed E-state index contributed by atoms with van der Waals surface area (Å²) in [5.41, 5.74) is 0. The molecule has 0 nitrogen and oxygen atoms in total. The molecule has 10 heavy (non-hydrogen) atoms. The number of hydrogen-bond acceptors (Lipinski definition) is 0. The van der Waals surface area contributed by atoms with Gasteiger partial charge in [-0.2, -0.15) is 0 Å². The quantitative estimate of drug-likeness (QED) is 0.562. The Hall–Kier alpha value is 0. The molecule has 0 aromatic carbocycles. The van der Waals surface area contributed by atoms with Gasteiger partial charge < -0.3 is 0 Å². The number of rotatable bonds is 3. The first-order chi connectivity index (χ1) is 4.79. The van der Waals surface area contributed by atoms with Crippen LogP contribution in [0.1, 0.15) is 39.5 Å². The van der Waals surface area contributed by atoms with E-state index < -0.39 is 0 Å². The van der Waals surface area contributed by atoms with Crippen molar-refractivity contribution in [2.24, 2.45) is 23.7 Å². The predicted molar refractivity (Wildman–Crippen MR) is 43.8 cm³/mol. The Morgan fingerprint density at radius 1 is 0.800 bits per heavy atom. The van der Waals surface area contributed by atoms with Crippen molar-refractivity contribution in [1.82, 2.24) is 0 Å². The molecule has 2 rings (SSSR count). The minimum absolute atomic E-state index is 1.03. The van der Waals surface area contributed by atoms with E-state index >= 15 is 0 Å². The van der Waals surface area contributed by atoms with Crippen molar-refractivity contribution in [1.29, 1.82) is 0 Å². The molecule has 0 aromatic rings. The van der Waals surface area contributed by atoms with Crippen molar-refractivity contribution in [3.63, 3.8) is 0 Å². The van der Waals surface area contributed by atoms with E-state index in [4.69, 9.17) is 0 Å². The Kier molecular flexibility index (Phi) is 1.51. The van der Waals surface area contributed by atoms with Gasteiger partial charge in [-0.15, -0.1) is 0 Å². The zero-order valence-electron chi connectivity index (χ0n) is 7.14. The van der Waals surface area contributed by atoms with Gasteiger partial charge in [-0.1, -0.05) is 13.8 Å². The van der Waals surface area contributed by atoms with Gasteiger partial charge >= 0.3 is 0 Å². The third kappa shape index (κ3) is 1.21. The van der Waals surface area contributed by atoms with E-state index in [0.29, 0.717) is 0 Å². The molecule has 2 unspecified atom stereocenters. The molecule has 0 spiro atoms. The summed E-state index contributed by atoms with van der Waals surface area (Å²) in [4.78, 5) is 0. The van der Waals surface area contributed by atoms with E-state index in [1.165, 1.54) is 25.7 Å². The van der Waals surface area contributed by atoms with Gasteiger partial charge in [0.2, 0.25) is 0 Å². The monoisotopic (exact) mass is 138 g/mol. The normalized spacial score (nSPS) is 31.8. The van der Waals surface area contributed by atoms with Crippen LogP contribution in [0.2, 0.25) is 0 Å². The summed E-state index contributed by atoms with van der Waals surface area (Å²) in [5, 5.41) is 0. The Morgan fingerprint density at radius 2 is 1.10 bits per heavy atom. The summed E-state index contributed by atoms with van der Waals surface area (Å²) in [6.07, 6.45) is 6.10. The van der Waals surface area contributed by atoms with Crippen molar-refractivity contribution in [3.05, 3.63) is 0 Å². The first-order valence-corrected chi connectivity index (χ1v) is 4.79. The van der Waals surface area contributed by atoms with E-state index in [9.17, 15) is 0 Å². The van der Waals surface area contributed by atoms with Gasteiger partial charge in [0.05, 0.1) is 0 Å². The van der Waals surface area contributed by atoms with Crippen molar-refractivity contribution < 1.29 is 0 Å². The molecular formula is C10H18. The highest BCUT2D eigenvalue weighted by Gasteiger charge is 2.38. The summed E-state index contributed by atoms with van der Waals surface area (Å²) in [5.74, 6) is 4.31. The highest BCUT2D eigenvalue weighted by atomic mass is 14.4. The molecule has 2 aliphatic rings. The lowest BCUT2D eigenvalue weighted by Gasteiger charge is -2.18. The van der Waals surface area contributed by atoms with Gasteiger partial charge in [-0.3, -0.25) is 0 Å². The van der Waals surface area contributed by atoms with Crippen LogP contribution in [0.3, 0.4) is 0 Å². The van der Waals surface area contributed by atoms with Crippen LogP contribution in [0.4, 0.5) is 0 Å². The highest BCUT2D eigenvalue weighted by molar-refractivity contribution is 4.88. The Balaban J connectivity index is 1.83.